The summed E-state index contributed by atoms with van der Waals surface area (Å²) in [6, 6.07) is 17.0. The van der Waals surface area contributed by atoms with Gasteiger partial charge in [-0.15, -0.1) is 0 Å². The van der Waals surface area contributed by atoms with Crippen LogP contribution >= 0.6 is 0 Å². The molecule has 1 amide bonds. The first-order valence-corrected chi connectivity index (χ1v) is 7.67. The van der Waals surface area contributed by atoms with Gasteiger partial charge in [0.25, 0.3) is 5.91 Å². The van der Waals surface area contributed by atoms with Gasteiger partial charge in [-0.3, -0.25) is 4.79 Å². The van der Waals surface area contributed by atoms with E-state index in [-0.39, 0.29) is 11.7 Å². The molecular weight excluding hydrogens is 300 g/mol. The number of phenols is 1. The number of carbonyl (C=O) groups is 1. The minimum Gasteiger partial charge on any atom is -0.507 e. The van der Waals surface area contributed by atoms with E-state index in [1.165, 1.54) is 0 Å². The van der Waals surface area contributed by atoms with Gasteiger partial charge in [-0.1, -0.05) is 36.4 Å². The van der Waals surface area contributed by atoms with Crippen LogP contribution in [-0.2, 0) is 0 Å². The molecule has 24 heavy (non-hydrogen) atoms. The third-order valence-electron chi connectivity index (χ3n) is 3.93. The minimum atomic E-state index is -0.254. The van der Waals surface area contributed by atoms with Gasteiger partial charge < -0.3 is 5.11 Å². The highest BCUT2D eigenvalue weighted by molar-refractivity contribution is 6.07. The summed E-state index contributed by atoms with van der Waals surface area (Å²) in [5.41, 5.74) is 5.52. The molecule has 0 atom stereocenters. The highest BCUT2D eigenvalue weighted by Gasteiger charge is 2.08. The third kappa shape index (κ3) is 3.13. The van der Waals surface area contributed by atoms with E-state index in [2.05, 4.69) is 10.5 Å². The van der Waals surface area contributed by atoms with Crippen molar-refractivity contribution in [2.24, 2.45) is 5.10 Å². The fraction of sp³-hybridized carbons (Fsp3) is 0.100. The van der Waals surface area contributed by atoms with Gasteiger partial charge in [0.1, 0.15) is 5.75 Å². The maximum atomic E-state index is 12.4. The number of carbonyl (C=O) groups excluding carboxylic acids is 1. The first-order valence-electron chi connectivity index (χ1n) is 7.67. The maximum absolute atomic E-state index is 12.4. The zero-order valence-corrected chi connectivity index (χ0v) is 13.6. The average molecular weight is 318 g/mol. The highest BCUT2D eigenvalue weighted by Crippen LogP contribution is 2.22. The molecule has 3 rings (SSSR count). The van der Waals surface area contributed by atoms with Crippen molar-refractivity contribution in [2.45, 2.75) is 13.8 Å². The van der Waals surface area contributed by atoms with Gasteiger partial charge in [-0.25, -0.2) is 5.43 Å². The summed E-state index contributed by atoms with van der Waals surface area (Å²) in [6.07, 6.45) is 1.57. The van der Waals surface area contributed by atoms with E-state index >= 15 is 0 Å². The lowest BCUT2D eigenvalue weighted by Gasteiger charge is -2.06. The van der Waals surface area contributed by atoms with Crippen molar-refractivity contribution < 1.29 is 9.90 Å². The molecule has 0 fully saturated rings. The minimum absolute atomic E-state index is 0.254. The van der Waals surface area contributed by atoms with E-state index < -0.39 is 0 Å². The molecular formula is C20H18N2O2. The second kappa shape index (κ2) is 6.54. The number of nitrogens with one attached hydrogen (secondary N) is 1. The summed E-state index contributed by atoms with van der Waals surface area (Å²) in [5, 5.41) is 15.7. The zero-order valence-electron chi connectivity index (χ0n) is 13.6. The van der Waals surface area contributed by atoms with Crippen LogP contribution in [-0.4, -0.2) is 17.2 Å². The van der Waals surface area contributed by atoms with Gasteiger partial charge in [0.2, 0.25) is 0 Å². The van der Waals surface area contributed by atoms with Crippen molar-refractivity contribution in [2.75, 3.05) is 0 Å². The Morgan fingerprint density at radius 2 is 1.71 bits per heavy atom. The first kappa shape index (κ1) is 15.7. The van der Waals surface area contributed by atoms with Gasteiger partial charge in [-0.05, 0) is 59.5 Å². The summed E-state index contributed by atoms with van der Waals surface area (Å²) in [4.78, 5) is 12.4. The molecule has 3 aromatic rings. The standard InChI is InChI=1S/C20H18N2O2/c1-13-10-15(11-14(2)19(13)23)12-21-22-20(24)18-9-5-7-16-6-3-4-8-17(16)18/h3-12,23H,1-2H3,(H,22,24). The van der Waals surface area contributed by atoms with Gasteiger partial charge in [-0.2, -0.15) is 5.10 Å². The molecule has 0 unspecified atom stereocenters. The summed E-state index contributed by atoms with van der Waals surface area (Å²) >= 11 is 0. The summed E-state index contributed by atoms with van der Waals surface area (Å²) in [7, 11) is 0. The molecule has 0 aliphatic carbocycles. The molecule has 0 aliphatic heterocycles. The highest BCUT2D eigenvalue weighted by atomic mass is 16.3. The Balaban J connectivity index is 1.80. The van der Waals surface area contributed by atoms with Gasteiger partial charge in [0.05, 0.1) is 6.21 Å². The fourth-order valence-corrected chi connectivity index (χ4v) is 2.71. The number of rotatable bonds is 3. The molecule has 0 spiro atoms. The van der Waals surface area contributed by atoms with Crippen LogP contribution in [0.1, 0.15) is 27.0 Å². The largest absolute Gasteiger partial charge is 0.507 e. The molecule has 120 valence electrons. The number of hydrogen-bond acceptors (Lipinski definition) is 3. The Bertz CT molecular complexity index is 917. The van der Waals surface area contributed by atoms with E-state index in [0.29, 0.717) is 5.56 Å². The first-order chi connectivity index (χ1) is 11.6. The molecule has 3 aromatic carbocycles. The van der Waals surface area contributed by atoms with Crippen LogP contribution < -0.4 is 5.43 Å². The number of amides is 1. The quantitative estimate of drug-likeness (QED) is 0.568. The zero-order chi connectivity index (χ0) is 17.1. The Kier molecular flexibility index (Phi) is 4.29. The molecule has 4 heteroatoms. The number of aromatic hydroxyl groups is 1. The van der Waals surface area contributed by atoms with E-state index in [1.807, 2.05) is 62.4 Å². The van der Waals surface area contributed by atoms with Crippen LogP contribution in [0.5, 0.6) is 5.75 Å². The lowest BCUT2D eigenvalue weighted by Crippen LogP contribution is -2.17. The Morgan fingerprint density at radius 3 is 2.46 bits per heavy atom. The number of aryl methyl sites for hydroxylation is 2. The lowest BCUT2D eigenvalue weighted by molar-refractivity contribution is 0.0957. The predicted molar refractivity (Wildman–Crippen MR) is 96.6 cm³/mol. The molecule has 2 N–H and O–H groups in total. The molecule has 0 saturated heterocycles. The number of phenolic OH excluding ortho intramolecular Hbond substituents is 1. The molecule has 4 nitrogen and oxygen atoms in total. The van der Waals surface area contributed by atoms with Crippen molar-refractivity contribution in [3.8, 4) is 5.75 Å². The van der Waals surface area contributed by atoms with Crippen molar-refractivity contribution in [3.05, 3.63) is 76.9 Å². The average Bonchev–Trinajstić information content (AvgIpc) is 2.59. The number of fused-ring (bicyclic) bond motifs is 1. The third-order valence-corrected chi connectivity index (χ3v) is 3.93. The molecule has 0 aliphatic rings. The second-order valence-electron chi connectivity index (χ2n) is 5.73. The van der Waals surface area contributed by atoms with E-state index in [4.69, 9.17) is 0 Å². The Labute approximate surface area is 140 Å². The van der Waals surface area contributed by atoms with Crippen molar-refractivity contribution in [1.29, 1.82) is 0 Å². The number of nitrogens with zero attached hydrogens (tertiary/aromatic N) is 1. The monoisotopic (exact) mass is 318 g/mol. The van der Waals surface area contributed by atoms with Gasteiger partial charge in [0.15, 0.2) is 0 Å². The Morgan fingerprint density at radius 1 is 1.04 bits per heavy atom. The number of benzene rings is 3. The smallest absolute Gasteiger partial charge is 0.271 e. The molecule has 0 saturated carbocycles. The van der Waals surface area contributed by atoms with Crippen LogP contribution in [0.3, 0.4) is 0 Å². The second-order valence-corrected chi connectivity index (χ2v) is 5.73. The van der Waals surface area contributed by atoms with Crippen LogP contribution in [0.15, 0.2) is 59.7 Å². The van der Waals surface area contributed by atoms with Crippen LogP contribution in [0.2, 0.25) is 0 Å². The lowest BCUT2D eigenvalue weighted by atomic mass is 10.0. The number of hydrazone groups is 1. The van der Waals surface area contributed by atoms with Crippen molar-refractivity contribution in [1.82, 2.24) is 5.43 Å². The summed E-state index contributed by atoms with van der Waals surface area (Å²) in [6.45, 7) is 3.66. The topological polar surface area (TPSA) is 61.7 Å². The molecule has 0 radical (unpaired) electrons. The molecule has 0 bridgehead atoms. The van der Waals surface area contributed by atoms with Crippen LogP contribution in [0, 0.1) is 13.8 Å². The Hall–Kier alpha value is -3.14. The van der Waals surface area contributed by atoms with Crippen molar-refractivity contribution in [3.63, 3.8) is 0 Å². The van der Waals surface area contributed by atoms with E-state index in [0.717, 1.165) is 27.5 Å². The van der Waals surface area contributed by atoms with E-state index in [1.54, 1.807) is 12.3 Å². The summed E-state index contributed by atoms with van der Waals surface area (Å²) < 4.78 is 0. The van der Waals surface area contributed by atoms with Gasteiger partial charge in [0, 0.05) is 5.56 Å². The summed E-state index contributed by atoms with van der Waals surface area (Å²) in [5.74, 6) is 0.0298. The molecule has 0 heterocycles. The SMILES string of the molecule is Cc1cc(C=NNC(=O)c2cccc3ccccc23)cc(C)c1O. The van der Waals surface area contributed by atoms with Crippen LogP contribution in [0.25, 0.3) is 10.8 Å². The molecule has 0 aromatic heterocycles. The van der Waals surface area contributed by atoms with Crippen LogP contribution in [0.4, 0.5) is 0 Å². The normalized spacial score (nSPS) is 11.1. The fourth-order valence-electron chi connectivity index (χ4n) is 2.71. The van der Waals surface area contributed by atoms with Crippen molar-refractivity contribution >= 4 is 22.9 Å². The predicted octanol–water partition coefficient (Wildman–Crippen LogP) is 3.93. The maximum Gasteiger partial charge on any atom is 0.271 e. The van der Waals surface area contributed by atoms with Gasteiger partial charge >= 0.3 is 0 Å². The number of hydrogen-bond donors (Lipinski definition) is 2. The van der Waals surface area contributed by atoms with E-state index in [9.17, 15) is 9.90 Å².